The Kier molecular flexibility index (Phi) is 5.65. The maximum absolute atomic E-state index is 5.11. The molecule has 0 radical (unpaired) electrons. The van der Waals surface area contributed by atoms with E-state index in [9.17, 15) is 0 Å². The van der Waals surface area contributed by atoms with Gasteiger partial charge in [0.05, 0.1) is 0 Å². The van der Waals surface area contributed by atoms with Crippen LogP contribution in [0, 0.1) is 6.92 Å². The number of hydrazine groups is 1. The first kappa shape index (κ1) is 13.7. The zero-order valence-corrected chi connectivity index (χ0v) is 11.5. The first-order valence-corrected chi connectivity index (χ1v) is 6.11. The van der Waals surface area contributed by atoms with Crippen molar-refractivity contribution in [2.45, 2.75) is 13.8 Å². The number of hydrogen-bond acceptors (Lipinski definition) is 2. The summed E-state index contributed by atoms with van der Waals surface area (Å²) in [6.07, 6.45) is 0. The minimum Gasteiger partial charge on any atom is -0.362 e. The highest BCUT2D eigenvalue weighted by Crippen LogP contribution is 2.08. The van der Waals surface area contributed by atoms with Crippen LogP contribution in [0.2, 0.25) is 0 Å². The number of aryl methyl sites for hydroxylation is 1. The molecule has 0 fully saturated rings. The molecule has 0 aliphatic rings. The van der Waals surface area contributed by atoms with Gasteiger partial charge in [-0.15, -0.1) is 0 Å². The van der Waals surface area contributed by atoms with E-state index in [2.05, 4.69) is 21.5 Å². The molecule has 17 heavy (non-hydrogen) atoms. The lowest BCUT2D eigenvalue weighted by molar-refractivity contribution is 0.825. The van der Waals surface area contributed by atoms with Crippen LogP contribution < -0.4 is 21.5 Å². The minimum absolute atomic E-state index is 0.468. The number of anilines is 1. The van der Waals surface area contributed by atoms with Gasteiger partial charge in [-0.05, 0) is 56.0 Å². The first-order chi connectivity index (χ1) is 8.11. The third-order valence-electron chi connectivity index (χ3n) is 1.90. The number of benzene rings is 1. The second-order valence-electron chi connectivity index (χ2n) is 3.43. The highest BCUT2D eigenvalue weighted by Gasteiger charge is 1.98. The van der Waals surface area contributed by atoms with Gasteiger partial charge in [0, 0.05) is 12.2 Å². The van der Waals surface area contributed by atoms with Gasteiger partial charge in [0.25, 0.3) is 0 Å². The van der Waals surface area contributed by atoms with Crippen LogP contribution in [-0.2, 0) is 0 Å². The number of nitrogens with one attached hydrogen (secondary N) is 4. The molecule has 6 heteroatoms. The van der Waals surface area contributed by atoms with Gasteiger partial charge >= 0.3 is 0 Å². The smallest absolute Gasteiger partial charge is 0.189 e. The molecule has 0 atom stereocenters. The fourth-order valence-corrected chi connectivity index (χ4v) is 1.57. The van der Waals surface area contributed by atoms with Crippen LogP contribution in [0.1, 0.15) is 12.5 Å². The Morgan fingerprint density at radius 3 is 2.53 bits per heavy atom. The van der Waals surface area contributed by atoms with Crippen molar-refractivity contribution in [2.75, 3.05) is 11.9 Å². The summed E-state index contributed by atoms with van der Waals surface area (Å²) in [5, 5.41) is 6.98. The third-order valence-corrected chi connectivity index (χ3v) is 2.35. The molecule has 0 bridgehead atoms. The van der Waals surface area contributed by atoms with Crippen molar-refractivity contribution in [1.82, 2.24) is 16.2 Å². The van der Waals surface area contributed by atoms with Gasteiger partial charge in [0.2, 0.25) is 0 Å². The molecule has 0 heterocycles. The van der Waals surface area contributed by atoms with E-state index in [-0.39, 0.29) is 0 Å². The molecule has 0 amide bonds. The number of rotatable bonds is 2. The molecular formula is C11H16N4S2. The van der Waals surface area contributed by atoms with E-state index < -0.39 is 0 Å². The summed E-state index contributed by atoms with van der Waals surface area (Å²) in [6, 6.07) is 7.96. The predicted molar refractivity (Wildman–Crippen MR) is 79.9 cm³/mol. The van der Waals surface area contributed by atoms with Gasteiger partial charge in [-0.25, -0.2) is 0 Å². The average molecular weight is 268 g/mol. The lowest BCUT2D eigenvalue weighted by Gasteiger charge is -2.13. The maximum Gasteiger partial charge on any atom is 0.189 e. The van der Waals surface area contributed by atoms with Crippen molar-refractivity contribution >= 4 is 40.3 Å². The molecule has 92 valence electrons. The van der Waals surface area contributed by atoms with Crippen molar-refractivity contribution < 1.29 is 0 Å². The van der Waals surface area contributed by atoms with E-state index in [1.165, 1.54) is 5.56 Å². The average Bonchev–Trinajstić information content (AvgIpc) is 2.27. The molecule has 4 nitrogen and oxygen atoms in total. The van der Waals surface area contributed by atoms with E-state index in [4.69, 9.17) is 24.4 Å². The SMILES string of the molecule is CCNC(=S)NNC(=S)Nc1cccc(C)c1. The van der Waals surface area contributed by atoms with Crippen LogP contribution in [0.15, 0.2) is 24.3 Å². The van der Waals surface area contributed by atoms with Gasteiger partial charge in [-0.3, -0.25) is 10.9 Å². The van der Waals surface area contributed by atoms with E-state index in [1.807, 2.05) is 38.1 Å². The van der Waals surface area contributed by atoms with Crippen LogP contribution in [0.25, 0.3) is 0 Å². The first-order valence-electron chi connectivity index (χ1n) is 5.29. The normalized spacial score (nSPS) is 9.29. The highest BCUT2D eigenvalue weighted by atomic mass is 32.1. The maximum atomic E-state index is 5.11. The van der Waals surface area contributed by atoms with Crippen molar-refractivity contribution in [3.63, 3.8) is 0 Å². The molecule has 4 N–H and O–H groups in total. The zero-order chi connectivity index (χ0) is 12.7. The fraction of sp³-hybridized carbons (Fsp3) is 0.273. The quantitative estimate of drug-likeness (QED) is 0.484. The van der Waals surface area contributed by atoms with E-state index in [0.717, 1.165) is 12.2 Å². The summed E-state index contributed by atoms with van der Waals surface area (Å²) in [7, 11) is 0. The minimum atomic E-state index is 0.468. The van der Waals surface area contributed by atoms with E-state index in [1.54, 1.807) is 0 Å². The molecule has 0 unspecified atom stereocenters. The summed E-state index contributed by atoms with van der Waals surface area (Å²) in [5.41, 5.74) is 7.70. The Balaban J connectivity index is 2.37. The molecule has 0 saturated carbocycles. The van der Waals surface area contributed by atoms with Crippen LogP contribution in [0.4, 0.5) is 5.69 Å². The molecule has 0 spiro atoms. The van der Waals surface area contributed by atoms with Crippen molar-refractivity contribution in [3.8, 4) is 0 Å². The molecule has 0 aliphatic heterocycles. The van der Waals surface area contributed by atoms with Crippen LogP contribution in [-0.4, -0.2) is 16.8 Å². The molecule has 0 aromatic heterocycles. The van der Waals surface area contributed by atoms with Gasteiger partial charge in [0.1, 0.15) is 0 Å². The fourth-order valence-electron chi connectivity index (χ4n) is 1.20. The topological polar surface area (TPSA) is 48.1 Å². The Morgan fingerprint density at radius 2 is 1.88 bits per heavy atom. The molecular weight excluding hydrogens is 252 g/mol. The Bertz CT molecular complexity index is 406. The lowest BCUT2D eigenvalue weighted by atomic mass is 10.2. The largest absolute Gasteiger partial charge is 0.362 e. The van der Waals surface area contributed by atoms with Gasteiger partial charge < -0.3 is 10.6 Å². The summed E-state index contributed by atoms with van der Waals surface area (Å²) >= 11 is 10.1. The van der Waals surface area contributed by atoms with Crippen LogP contribution in [0.5, 0.6) is 0 Å². The van der Waals surface area contributed by atoms with Gasteiger partial charge in [-0.2, -0.15) is 0 Å². The molecule has 1 aromatic rings. The number of thiocarbonyl (C=S) groups is 2. The van der Waals surface area contributed by atoms with Crippen molar-refractivity contribution in [2.24, 2.45) is 0 Å². The third kappa shape index (κ3) is 5.46. The molecule has 0 saturated heterocycles. The van der Waals surface area contributed by atoms with Gasteiger partial charge in [-0.1, -0.05) is 12.1 Å². The summed E-state index contributed by atoms with van der Waals surface area (Å²) in [6.45, 7) is 4.77. The summed E-state index contributed by atoms with van der Waals surface area (Å²) in [4.78, 5) is 0. The summed E-state index contributed by atoms with van der Waals surface area (Å²) < 4.78 is 0. The number of hydrogen-bond donors (Lipinski definition) is 4. The molecule has 0 aliphatic carbocycles. The monoisotopic (exact) mass is 268 g/mol. The zero-order valence-electron chi connectivity index (χ0n) is 9.83. The lowest BCUT2D eigenvalue weighted by Crippen LogP contribution is -2.48. The second-order valence-corrected chi connectivity index (χ2v) is 4.25. The Hall–Kier alpha value is -1.40. The van der Waals surface area contributed by atoms with Crippen LogP contribution in [0.3, 0.4) is 0 Å². The highest BCUT2D eigenvalue weighted by molar-refractivity contribution is 7.80. The van der Waals surface area contributed by atoms with E-state index in [0.29, 0.717) is 10.2 Å². The Labute approximate surface area is 112 Å². The van der Waals surface area contributed by atoms with Crippen LogP contribution >= 0.6 is 24.4 Å². The second kappa shape index (κ2) is 7.03. The standard InChI is InChI=1S/C11H16N4S2/c1-3-12-10(16)14-15-11(17)13-9-6-4-5-8(2)7-9/h4-7H,3H2,1-2H3,(H2,12,14,16)(H2,13,15,17). The predicted octanol–water partition coefficient (Wildman–Crippen LogP) is 1.68. The van der Waals surface area contributed by atoms with Gasteiger partial charge in [0.15, 0.2) is 10.2 Å². The van der Waals surface area contributed by atoms with Crippen molar-refractivity contribution in [1.29, 1.82) is 0 Å². The van der Waals surface area contributed by atoms with E-state index >= 15 is 0 Å². The molecule has 1 rings (SSSR count). The van der Waals surface area contributed by atoms with Crippen molar-refractivity contribution in [3.05, 3.63) is 29.8 Å². The Morgan fingerprint density at radius 1 is 1.18 bits per heavy atom. The summed E-state index contributed by atoms with van der Waals surface area (Å²) in [5.74, 6) is 0. The molecule has 1 aromatic carbocycles.